The van der Waals surface area contributed by atoms with Crippen LogP contribution in [0.4, 0.5) is 23.1 Å². The number of likely N-dealkylation sites (N-methyl/N-ethyl adjacent to an activating group) is 1. The second-order valence-corrected chi connectivity index (χ2v) is 9.92. The predicted molar refractivity (Wildman–Crippen MR) is 148 cm³/mol. The summed E-state index contributed by atoms with van der Waals surface area (Å²) in [7, 11) is 1.80. The highest BCUT2D eigenvalue weighted by molar-refractivity contribution is 6.05. The van der Waals surface area contributed by atoms with Gasteiger partial charge in [0.1, 0.15) is 23.1 Å². The molecular formula is C28H30N8O2. The number of aromatic nitrogens is 4. The Morgan fingerprint density at radius 1 is 1.13 bits per heavy atom. The number of aromatic amines is 1. The number of nitrogens with two attached hydrogens (primary N) is 1. The highest BCUT2D eigenvalue weighted by Crippen LogP contribution is 2.40. The van der Waals surface area contributed by atoms with Crippen LogP contribution in [0.5, 0.6) is 0 Å². The third-order valence-electron chi connectivity index (χ3n) is 7.60. The first kappa shape index (κ1) is 23.9. The molecule has 4 aromatic rings. The van der Waals surface area contributed by atoms with Crippen molar-refractivity contribution in [3.8, 4) is 11.4 Å². The molecular weight excluding hydrogens is 480 g/mol. The molecule has 1 atom stereocenters. The number of hydrogen-bond acceptors (Lipinski definition) is 7. The van der Waals surface area contributed by atoms with Gasteiger partial charge in [-0.25, -0.2) is 9.97 Å². The first-order valence-corrected chi connectivity index (χ1v) is 13.0. The van der Waals surface area contributed by atoms with E-state index in [1.54, 1.807) is 30.3 Å². The SMILES string of the molecule is CC[C@@H]1C(=O)N(C)c2cnc(Nc3ccc(-c4nc5c(C(N)=O)cccc5[nH]4)cc3)nc2N1C1CCCC1. The van der Waals surface area contributed by atoms with Gasteiger partial charge in [-0.1, -0.05) is 25.8 Å². The van der Waals surface area contributed by atoms with Crippen LogP contribution in [0.15, 0.2) is 48.7 Å². The topological polar surface area (TPSA) is 133 Å². The number of anilines is 4. The number of benzene rings is 2. The largest absolute Gasteiger partial charge is 0.366 e. The molecule has 0 radical (unpaired) electrons. The fourth-order valence-electron chi connectivity index (χ4n) is 5.65. The number of imidazole rings is 1. The van der Waals surface area contributed by atoms with E-state index in [4.69, 9.17) is 10.7 Å². The summed E-state index contributed by atoms with van der Waals surface area (Å²) in [6.45, 7) is 2.06. The van der Waals surface area contributed by atoms with Gasteiger partial charge in [0.25, 0.3) is 5.91 Å². The third kappa shape index (κ3) is 4.02. The summed E-state index contributed by atoms with van der Waals surface area (Å²) in [4.78, 5) is 46.1. The van der Waals surface area contributed by atoms with Gasteiger partial charge in [-0.15, -0.1) is 0 Å². The Hall–Kier alpha value is -4.47. The zero-order chi connectivity index (χ0) is 26.4. The van der Waals surface area contributed by atoms with Crippen LogP contribution >= 0.6 is 0 Å². The van der Waals surface area contributed by atoms with Crippen LogP contribution in [-0.2, 0) is 4.79 Å². The number of fused-ring (bicyclic) bond motifs is 2. The minimum Gasteiger partial charge on any atom is -0.366 e. The van der Waals surface area contributed by atoms with Gasteiger partial charge in [0, 0.05) is 24.3 Å². The molecule has 0 spiro atoms. The Labute approximate surface area is 220 Å². The molecule has 2 aliphatic rings. The second-order valence-electron chi connectivity index (χ2n) is 9.92. The van der Waals surface area contributed by atoms with Crippen molar-refractivity contribution in [1.82, 2.24) is 19.9 Å². The van der Waals surface area contributed by atoms with Crippen LogP contribution in [-0.4, -0.2) is 50.9 Å². The number of carbonyl (C=O) groups is 2. The molecule has 2 amide bonds. The average Bonchev–Trinajstić information content (AvgIpc) is 3.61. The van der Waals surface area contributed by atoms with Crippen LogP contribution in [0.1, 0.15) is 49.4 Å². The van der Waals surface area contributed by atoms with Gasteiger partial charge in [0.15, 0.2) is 5.82 Å². The average molecular weight is 511 g/mol. The van der Waals surface area contributed by atoms with Gasteiger partial charge >= 0.3 is 0 Å². The molecule has 0 bridgehead atoms. The number of amides is 2. The van der Waals surface area contributed by atoms with E-state index < -0.39 is 5.91 Å². The van der Waals surface area contributed by atoms with E-state index in [0.717, 1.165) is 47.5 Å². The summed E-state index contributed by atoms with van der Waals surface area (Å²) in [5, 5.41) is 3.31. The summed E-state index contributed by atoms with van der Waals surface area (Å²) < 4.78 is 0. The second kappa shape index (κ2) is 9.44. The molecule has 0 unspecified atom stereocenters. The highest BCUT2D eigenvalue weighted by Gasteiger charge is 2.41. The normalized spacial score (nSPS) is 17.7. The van der Waals surface area contributed by atoms with E-state index in [2.05, 4.69) is 32.1 Å². The minimum absolute atomic E-state index is 0.0975. The van der Waals surface area contributed by atoms with Gasteiger partial charge in [0.05, 0.1) is 17.3 Å². The Balaban J connectivity index is 1.28. The van der Waals surface area contributed by atoms with Crippen molar-refractivity contribution < 1.29 is 9.59 Å². The lowest BCUT2D eigenvalue weighted by Gasteiger charge is -2.43. The van der Waals surface area contributed by atoms with Crippen LogP contribution < -0.4 is 20.9 Å². The van der Waals surface area contributed by atoms with Crippen molar-refractivity contribution in [2.45, 2.75) is 51.1 Å². The summed E-state index contributed by atoms with van der Waals surface area (Å²) in [6.07, 6.45) is 6.96. The number of hydrogen-bond donors (Lipinski definition) is 3. The standard InChI is InChI=1S/C28H30N8O2/c1-3-21-27(38)35(2)22-15-30-28(34-26(22)36(21)18-7-4-5-8-18)31-17-13-11-16(12-14-17)25-32-20-10-6-9-19(24(29)37)23(20)33-25/h6,9-15,18,21H,3-5,7-8H2,1-2H3,(H2,29,37)(H,32,33)(H,30,31,34)/t21-/m1/s1. The summed E-state index contributed by atoms with van der Waals surface area (Å²) in [5.74, 6) is 1.53. The number of carbonyl (C=O) groups excluding carboxylic acids is 2. The van der Waals surface area contributed by atoms with Crippen molar-refractivity contribution in [3.63, 3.8) is 0 Å². The maximum Gasteiger partial charge on any atom is 0.250 e. The number of H-pyrrole nitrogens is 1. The Bertz CT molecular complexity index is 1520. The number of nitrogens with zero attached hydrogens (tertiary/aromatic N) is 5. The van der Waals surface area contributed by atoms with Crippen molar-refractivity contribution in [2.24, 2.45) is 5.73 Å². The van der Waals surface area contributed by atoms with Crippen molar-refractivity contribution in [1.29, 1.82) is 0 Å². The number of rotatable bonds is 6. The molecule has 194 valence electrons. The van der Waals surface area contributed by atoms with Crippen LogP contribution in [0.25, 0.3) is 22.4 Å². The molecule has 6 rings (SSSR count). The molecule has 10 heteroatoms. The lowest BCUT2D eigenvalue weighted by Crippen LogP contribution is -2.55. The first-order valence-electron chi connectivity index (χ1n) is 13.0. The summed E-state index contributed by atoms with van der Waals surface area (Å²) in [6, 6.07) is 13.2. The summed E-state index contributed by atoms with van der Waals surface area (Å²) >= 11 is 0. The predicted octanol–water partition coefficient (Wildman–Crippen LogP) is 4.37. The molecule has 1 fully saturated rings. The lowest BCUT2D eigenvalue weighted by atomic mass is 10.0. The highest BCUT2D eigenvalue weighted by atomic mass is 16.2. The van der Waals surface area contributed by atoms with Crippen molar-refractivity contribution in [2.75, 3.05) is 22.2 Å². The maximum atomic E-state index is 13.1. The first-order chi connectivity index (χ1) is 18.4. The molecule has 0 saturated heterocycles. The van der Waals surface area contributed by atoms with Crippen LogP contribution in [0.2, 0.25) is 0 Å². The van der Waals surface area contributed by atoms with Crippen molar-refractivity contribution in [3.05, 3.63) is 54.2 Å². The Morgan fingerprint density at radius 2 is 1.89 bits per heavy atom. The van der Waals surface area contributed by atoms with E-state index in [9.17, 15) is 9.59 Å². The molecule has 3 heterocycles. The monoisotopic (exact) mass is 510 g/mol. The number of nitrogens with one attached hydrogen (secondary N) is 2. The van der Waals surface area contributed by atoms with Crippen molar-refractivity contribution >= 4 is 46.0 Å². The van der Waals surface area contributed by atoms with Crippen LogP contribution in [0, 0.1) is 0 Å². The molecule has 10 nitrogen and oxygen atoms in total. The minimum atomic E-state index is -0.509. The number of para-hydroxylation sites is 1. The quantitative estimate of drug-likeness (QED) is 0.351. The van der Waals surface area contributed by atoms with E-state index in [-0.39, 0.29) is 11.9 Å². The smallest absolute Gasteiger partial charge is 0.250 e. The van der Waals surface area contributed by atoms with Gasteiger partial charge < -0.3 is 25.8 Å². The molecule has 1 saturated carbocycles. The van der Waals surface area contributed by atoms with Gasteiger partial charge in [-0.2, -0.15) is 4.98 Å². The Morgan fingerprint density at radius 3 is 2.61 bits per heavy atom. The number of primary amides is 1. The van der Waals surface area contributed by atoms with Gasteiger partial charge in [-0.05, 0) is 55.7 Å². The molecule has 4 N–H and O–H groups in total. The maximum absolute atomic E-state index is 13.1. The van der Waals surface area contributed by atoms with E-state index in [0.29, 0.717) is 28.9 Å². The third-order valence-corrected chi connectivity index (χ3v) is 7.60. The molecule has 1 aliphatic heterocycles. The molecule has 38 heavy (non-hydrogen) atoms. The van der Waals surface area contributed by atoms with E-state index in [1.807, 2.05) is 30.3 Å². The lowest BCUT2D eigenvalue weighted by molar-refractivity contribution is -0.120. The van der Waals surface area contributed by atoms with Gasteiger partial charge in [-0.3, -0.25) is 9.59 Å². The fraction of sp³-hybridized carbons (Fsp3) is 0.321. The molecule has 1 aliphatic carbocycles. The molecule has 2 aromatic carbocycles. The van der Waals surface area contributed by atoms with E-state index in [1.165, 1.54) is 12.8 Å². The Kier molecular flexibility index (Phi) is 5.94. The zero-order valence-electron chi connectivity index (χ0n) is 21.4. The summed E-state index contributed by atoms with van der Waals surface area (Å²) in [5.41, 5.74) is 9.63. The zero-order valence-corrected chi connectivity index (χ0v) is 21.4. The van der Waals surface area contributed by atoms with Gasteiger partial charge in [0.2, 0.25) is 11.9 Å². The van der Waals surface area contributed by atoms with E-state index >= 15 is 0 Å². The molecule has 2 aromatic heterocycles. The fourth-order valence-corrected chi connectivity index (χ4v) is 5.65. The van der Waals surface area contributed by atoms with Crippen LogP contribution in [0.3, 0.4) is 0 Å².